The molecule has 0 aromatic carbocycles. The zero-order valence-electron chi connectivity index (χ0n) is 10.3. The summed E-state index contributed by atoms with van der Waals surface area (Å²) in [6.07, 6.45) is 4.61. The zero-order chi connectivity index (χ0) is 12.4. The second kappa shape index (κ2) is 5.38. The largest absolute Gasteiger partial charge is 0.381 e. The van der Waals surface area contributed by atoms with Gasteiger partial charge in [0.15, 0.2) is 0 Å². The number of tetrazole rings is 1. The lowest BCUT2D eigenvalue weighted by molar-refractivity contribution is 0.0370. The summed E-state index contributed by atoms with van der Waals surface area (Å²) in [5.74, 6) is 1.95. The van der Waals surface area contributed by atoms with Crippen molar-refractivity contribution in [3.63, 3.8) is 0 Å². The molecule has 2 fully saturated rings. The van der Waals surface area contributed by atoms with Crippen LogP contribution in [0.4, 0.5) is 0 Å². The van der Waals surface area contributed by atoms with E-state index in [1.807, 2.05) is 4.68 Å². The fourth-order valence-electron chi connectivity index (χ4n) is 2.20. The molecule has 0 spiro atoms. The van der Waals surface area contributed by atoms with Crippen LogP contribution in [0.3, 0.4) is 0 Å². The van der Waals surface area contributed by atoms with Crippen LogP contribution in [-0.2, 0) is 4.74 Å². The van der Waals surface area contributed by atoms with Crippen molar-refractivity contribution in [1.82, 2.24) is 20.2 Å². The number of hydrogen-bond acceptors (Lipinski definition) is 6. The molecule has 7 heteroatoms. The van der Waals surface area contributed by atoms with Crippen LogP contribution in [0.15, 0.2) is 5.16 Å². The lowest BCUT2D eigenvalue weighted by atomic mass is 9.84. The van der Waals surface area contributed by atoms with Gasteiger partial charge in [-0.3, -0.25) is 0 Å². The average Bonchev–Trinajstić information content (AvgIpc) is 3.16. The van der Waals surface area contributed by atoms with Gasteiger partial charge in [0.1, 0.15) is 0 Å². The number of nitrogens with zero attached hydrogens (tertiary/aromatic N) is 4. The minimum absolute atomic E-state index is 0.284. The molecule has 3 rings (SSSR count). The van der Waals surface area contributed by atoms with Gasteiger partial charge in [0, 0.05) is 19.0 Å². The lowest BCUT2D eigenvalue weighted by Gasteiger charge is -2.35. The maximum Gasteiger partial charge on any atom is 0.209 e. The van der Waals surface area contributed by atoms with Gasteiger partial charge < -0.3 is 4.74 Å². The van der Waals surface area contributed by atoms with E-state index in [9.17, 15) is 0 Å². The van der Waals surface area contributed by atoms with Gasteiger partial charge >= 0.3 is 0 Å². The first-order chi connectivity index (χ1) is 8.83. The number of rotatable bonds is 5. The van der Waals surface area contributed by atoms with E-state index in [1.165, 1.54) is 12.8 Å². The Morgan fingerprint density at radius 3 is 2.83 bits per heavy atom. The molecule has 0 bridgehead atoms. The Bertz CT molecular complexity index is 402. The fraction of sp³-hybridized carbons (Fsp3) is 0.909. The molecule has 1 aromatic rings. The molecule has 1 aromatic heterocycles. The van der Waals surface area contributed by atoms with Crippen molar-refractivity contribution < 1.29 is 4.74 Å². The third-order valence-corrected chi connectivity index (χ3v) is 5.71. The second-order valence-electron chi connectivity index (χ2n) is 5.20. The number of aromatic nitrogens is 4. The highest BCUT2D eigenvalue weighted by molar-refractivity contribution is 7.99. The molecule has 0 radical (unpaired) electrons. The van der Waals surface area contributed by atoms with Crippen molar-refractivity contribution in [2.45, 2.75) is 36.9 Å². The normalized spacial score (nSPS) is 23.2. The summed E-state index contributed by atoms with van der Waals surface area (Å²) in [7, 11) is 0. The molecule has 18 heavy (non-hydrogen) atoms. The molecule has 1 saturated carbocycles. The van der Waals surface area contributed by atoms with E-state index < -0.39 is 0 Å². The summed E-state index contributed by atoms with van der Waals surface area (Å²) in [5, 5.41) is 13.0. The summed E-state index contributed by atoms with van der Waals surface area (Å²) >= 11 is 6.31. The van der Waals surface area contributed by atoms with Crippen molar-refractivity contribution in [1.29, 1.82) is 0 Å². The van der Waals surface area contributed by atoms with Crippen LogP contribution in [0.1, 0.15) is 31.7 Å². The molecule has 2 heterocycles. The highest BCUT2D eigenvalue weighted by Gasteiger charge is 2.33. The summed E-state index contributed by atoms with van der Waals surface area (Å²) in [4.78, 5) is 0. The second-order valence-corrected chi connectivity index (χ2v) is 6.46. The van der Waals surface area contributed by atoms with Gasteiger partial charge in [-0.05, 0) is 47.3 Å². The van der Waals surface area contributed by atoms with E-state index in [0.717, 1.165) is 42.7 Å². The Balaban J connectivity index is 1.63. The third kappa shape index (κ3) is 2.67. The Hall–Kier alpha value is -0.270. The minimum atomic E-state index is 0.284. The number of hydrogen-bond donors (Lipinski definition) is 1. The molecule has 0 unspecified atom stereocenters. The molecular formula is C11H18N4OS2. The van der Waals surface area contributed by atoms with E-state index in [-0.39, 0.29) is 5.41 Å². The van der Waals surface area contributed by atoms with Crippen LogP contribution in [0.5, 0.6) is 0 Å². The molecular weight excluding hydrogens is 268 g/mol. The van der Waals surface area contributed by atoms with Crippen LogP contribution in [0.25, 0.3) is 0 Å². The Kier molecular flexibility index (Phi) is 3.81. The predicted octanol–water partition coefficient (Wildman–Crippen LogP) is 1.83. The van der Waals surface area contributed by atoms with Crippen molar-refractivity contribution in [3.8, 4) is 0 Å². The first-order valence-corrected chi connectivity index (χ1v) is 8.04. The summed E-state index contributed by atoms with van der Waals surface area (Å²) in [5.41, 5.74) is 0.284. The monoisotopic (exact) mass is 286 g/mol. The van der Waals surface area contributed by atoms with Gasteiger partial charge in [-0.15, -0.1) is 5.10 Å². The Labute approximate surface area is 116 Å². The third-order valence-electron chi connectivity index (χ3n) is 3.75. The zero-order valence-corrected chi connectivity index (χ0v) is 12.0. The van der Waals surface area contributed by atoms with Crippen molar-refractivity contribution in [3.05, 3.63) is 0 Å². The van der Waals surface area contributed by atoms with Gasteiger partial charge in [0.2, 0.25) is 5.16 Å². The quantitative estimate of drug-likeness (QED) is 0.661. The van der Waals surface area contributed by atoms with Gasteiger partial charge in [-0.25, -0.2) is 4.68 Å². The van der Waals surface area contributed by atoms with E-state index >= 15 is 0 Å². The van der Waals surface area contributed by atoms with E-state index in [4.69, 9.17) is 4.74 Å². The van der Waals surface area contributed by atoms with E-state index in [2.05, 4.69) is 28.2 Å². The van der Waals surface area contributed by atoms with Crippen molar-refractivity contribution in [2.24, 2.45) is 5.41 Å². The predicted molar refractivity (Wildman–Crippen MR) is 73.2 cm³/mol. The smallest absolute Gasteiger partial charge is 0.209 e. The summed E-state index contributed by atoms with van der Waals surface area (Å²) in [6.45, 7) is 1.71. The summed E-state index contributed by atoms with van der Waals surface area (Å²) < 4.78 is 7.43. The van der Waals surface area contributed by atoms with Crippen LogP contribution >= 0.6 is 24.4 Å². The maximum atomic E-state index is 5.45. The SMILES string of the molecule is SCC1(CSc2nnnn2C2CC2)CCOCC1. The maximum absolute atomic E-state index is 5.45. The van der Waals surface area contributed by atoms with Crippen LogP contribution in [-0.4, -0.2) is 44.9 Å². The standard InChI is InChI=1S/C11H18N4OS2/c17-7-11(3-5-16-6-4-11)8-18-10-12-13-14-15(10)9-1-2-9/h9,17H,1-8H2. The van der Waals surface area contributed by atoms with Gasteiger partial charge in [-0.2, -0.15) is 12.6 Å². The molecule has 0 N–H and O–H groups in total. The number of thiol groups is 1. The molecule has 2 aliphatic rings. The van der Waals surface area contributed by atoms with Crippen LogP contribution in [0, 0.1) is 5.41 Å². The minimum Gasteiger partial charge on any atom is -0.381 e. The van der Waals surface area contributed by atoms with Gasteiger partial charge in [0.25, 0.3) is 0 Å². The molecule has 0 amide bonds. The fourth-order valence-corrected chi connectivity index (χ4v) is 4.02. The lowest BCUT2D eigenvalue weighted by Crippen LogP contribution is -2.33. The molecule has 5 nitrogen and oxygen atoms in total. The number of ether oxygens (including phenoxy) is 1. The summed E-state index contributed by atoms with van der Waals surface area (Å²) in [6, 6.07) is 0.546. The first kappa shape index (κ1) is 12.7. The number of thioether (sulfide) groups is 1. The average molecular weight is 286 g/mol. The first-order valence-electron chi connectivity index (χ1n) is 6.42. The Morgan fingerprint density at radius 1 is 1.39 bits per heavy atom. The highest BCUT2D eigenvalue weighted by atomic mass is 32.2. The van der Waals surface area contributed by atoms with Crippen LogP contribution < -0.4 is 0 Å². The molecule has 1 aliphatic heterocycles. The Morgan fingerprint density at radius 2 is 2.17 bits per heavy atom. The molecule has 1 aliphatic carbocycles. The molecule has 0 atom stereocenters. The van der Waals surface area contributed by atoms with Crippen molar-refractivity contribution >= 4 is 24.4 Å². The van der Waals surface area contributed by atoms with E-state index in [1.54, 1.807) is 11.8 Å². The van der Waals surface area contributed by atoms with Gasteiger partial charge in [0.05, 0.1) is 6.04 Å². The topological polar surface area (TPSA) is 52.8 Å². The molecule has 100 valence electrons. The highest BCUT2D eigenvalue weighted by Crippen LogP contribution is 2.40. The van der Waals surface area contributed by atoms with Crippen LogP contribution in [0.2, 0.25) is 0 Å². The van der Waals surface area contributed by atoms with Gasteiger partial charge in [-0.1, -0.05) is 11.8 Å². The van der Waals surface area contributed by atoms with E-state index in [0.29, 0.717) is 6.04 Å². The van der Waals surface area contributed by atoms with Crippen molar-refractivity contribution in [2.75, 3.05) is 24.7 Å². The molecule has 1 saturated heterocycles.